The average molecular weight is 260 g/mol. The van der Waals surface area contributed by atoms with Crippen LogP contribution in [0, 0.1) is 20.8 Å². The van der Waals surface area contributed by atoms with Gasteiger partial charge in [-0.15, -0.1) is 0 Å². The fourth-order valence-electron chi connectivity index (χ4n) is 3.06. The van der Waals surface area contributed by atoms with Crippen LogP contribution in [0.2, 0.25) is 0 Å². The molecule has 2 unspecified atom stereocenters. The van der Waals surface area contributed by atoms with Gasteiger partial charge in [0.05, 0.1) is 0 Å². The Morgan fingerprint density at radius 1 is 1.26 bits per heavy atom. The van der Waals surface area contributed by atoms with Crippen LogP contribution in [0.25, 0.3) is 0 Å². The Morgan fingerprint density at radius 2 is 1.89 bits per heavy atom. The maximum absolute atomic E-state index is 12.4. The Balaban J connectivity index is 2.12. The summed E-state index contributed by atoms with van der Waals surface area (Å²) in [6, 6.07) is 4.93. The summed E-state index contributed by atoms with van der Waals surface area (Å²) >= 11 is 0. The third kappa shape index (κ3) is 3.35. The number of carbonyl (C=O) groups excluding carboxylic acids is 1. The van der Waals surface area contributed by atoms with E-state index in [9.17, 15) is 4.79 Å². The molecule has 0 bridgehead atoms. The Morgan fingerprint density at radius 3 is 2.47 bits per heavy atom. The quantitative estimate of drug-likeness (QED) is 0.857. The van der Waals surface area contributed by atoms with Gasteiger partial charge in [-0.1, -0.05) is 17.7 Å². The molecule has 1 fully saturated rings. The summed E-state index contributed by atoms with van der Waals surface area (Å²) in [4.78, 5) is 12.4. The second-order valence-electron chi connectivity index (χ2n) is 5.82. The standard InChI is InChI=1S/C16H24N2O/c1-10-7-11(2)15(12(3)8-10)16(19)18-14-5-6-17-13(4)9-14/h7-8,13-14,17H,5-6,9H2,1-4H3,(H,18,19). The lowest BCUT2D eigenvalue weighted by Crippen LogP contribution is -2.46. The van der Waals surface area contributed by atoms with Gasteiger partial charge in [0, 0.05) is 17.6 Å². The summed E-state index contributed by atoms with van der Waals surface area (Å²) in [5, 5.41) is 6.59. The molecule has 1 aromatic rings. The van der Waals surface area contributed by atoms with E-state index in [-0.39, 0.29) is 5.91 Å². The third-order valence-corrected chi connectivity index (χ3v) is 3.86. The number of rotatable bonds is 2. The number of amides is 1. The van der Waals surface area contributed by atoms with Crippen molar-refractivity contribution in [3.63, 3.8) is 0 Å². The Hall–Kier alpha value is -1.35. The van der Waals surface area contributed by atoms with Crippen molar-refractivity contribution in [1.82, 2.24) is 10.6 Å². The van der Waals surface area contributed by atoms with Crippen molar-refractivity contribution < 1.29 is 4.79 Å². The van der Waals surface area contributed by atoms with Gasteiger partial charge in [0.1, 0.15) is 0 Å². The smallest absolute Gasteiger partial charge is 0.252 e. The fraction of sp³-hybridized carbons (Fsp3) is 0.562. The highest BCUT2D eigenvalue weighted by Gasteiger charge is 2.21. The number of aryl methyl sites for hydroxylation is 3. The van der Waals surface area contributed by atoms with Crippen LogP contribution >= 0.6 is 0 Å². The predicted octanol–water partition coefficient (Wildman–Crippen LogP) is 2.48. The first-order valence-electron chi connectivity index (χ1n) is 7.09. The van der Waals surface area contributed by atoms with Crippen molar-refractivity contribution in [1.29, 1.82) is 0 Å². The van der Waals surface area contributed by atoms with Crippen LogP contribution in [0.5, 0.6) is 0 Å². The topological polar surface area (TPSA) is 41.1 Å². The fourth-order valence-corrected chi connectivity index (χ4v) is 3.06. The van der Waals surface area contributed by atoms with E-state index in [0.29, 0.717) is 12.1 Å². The molecule has 2 atom stereocenters. The number of hydrogen-bond donors (Lipinski definition) is 2. The lowest BCUT2D eigenvalue weighted by atomic mass is 9.97. The zero-order chi connectivity index (χ0) is 14.0. The number of benzene rings is 1. The monoisotopic (exact) mass is 260 g/mol. The van der Waals surface area contributed by atoms with Crippen molar-refractivity contribution >= 4 is 5.91 Å². The minimum absolute atomic E-state index is 0.0779. The van der Waals surface area contributed by atoms with Gasteiger partial charge in [-0.25, -0.2) is 0 Å². The van der Waals surface area contributed by atoms with Crippen molar-refractivity contribution in [3.8, 4) is 0 Å². The minimum Gasteiger partial charge on any atom is -0.349 e. The van der Waals surface area contributed by atoms with Gasteiger partial charge in [0.25, 0.3) is 5.91 Å². The molecule has 0 aromatic heterocycles. The summed E-state index contributed by atoms with van der Waals surface area (Å²) in [6.07, 6.45) is 2.02. The molecule has 19 heavy (non-hydrogen) atoms. The molecule has 0 aliphatic carbocycles. The van der Waals surface area contributed by atoms with Gasteiger partial charge in [-0.2, -0.15) is 0 Å². The molecule has 1 heterocycles. The lowest BCUT2D eigenvalue weighted by Gasteiger charge is -2.29. The first-order valence-corrected chi connectivity index (χ1v) is 7.09. The lowest BCUT2D eigenvalue weighted by molar-refractivity contribution is 0.0924. The molecule has 3 nitrogen and oxygen atoms in total. The van der Waals surface area contributed by atoms with Crippen LogP contribution in [0.15, 0.2) is 12.1 Å². The molecule has 2 rings (SSSR count). The number of carbonyl (C=O) groups is 1. The van der Waals surface area contributed by atoms with Crippen LogP contribution < -0.4 is 10.6 Å². The van der Waals surface area contributed by atoms with E-state index < -0.39 is 0 Å². The molecule has 104 valence electrons. The number of nitrogens with one attached hydrogen (secondary N) is 2. The van der Waals surface area contributed by atoms with Gasteiger partial charge in [0.2, 0.25) is 0 Å². The molecule has 0 radical (unpaired) electrons. The highest BCUT2D eigenvalue weighted by molar-refractivity contribution is 5.97. The molecular formula is C16H24N2O. The second-order valence-corrected chi connectivity index (χ2v) is 5.82. The van der Waals surface area contributed by atoms with E-state index in [2.05, 4.69) is 36.6 Å². The molecule has 1 aliphatic heterocycles. The van der Waals surface area contributed by atoms with Gasteiger partial charge in [-0.3, -0.25) is 4.79 Å². The van der Waals surface area contributed by atoms with E-state index in [1.165, 1.54) is 5.56 Å². The van der Waals surface area contributed by atoms with E-state index in [0.717, 1.165) is 36.1 Å². The molecule has 0 saturated carbocycles. The van der Waals surface area contributed by atoms with E-state index >= 15 is 0 Å². The van der Waals surface area contributed by atoms with Crippen LogP contribution in [-0.4, -0.2) is 24.5 Å². The van der Waals surface area contributed by atoms with Crippen molar-refractivity contribution in [2.24, 2.45) is 0 Å². The van der Waals surface area contributed by atoms with Crippen LogP contribution in [0.1, 0.15) is 46.8 Å². The molecular weight excluding hydrogens is 236 g/mol. The Kier molecular flexibility index (Phi) is 4.25. The minimum atomic E-state index is 0.0779. The zero-order valence-corrected chi connectivity index (χ0v) is 12.3. The van der Waals surface area contributed by atoms with Crippen LogP contribution in [-0.2, 0) is 0 Å². The normalized spacial score (nSPS) is 23.2. The second kappa shape index (κ2) is 5.74. The average Bonchev–Trinajstić information content (AvgIpc) is 2.27. The summed E-state index contributed by atoms with van der Waals surface area (Å²) in [5.74, 6) is 0.0779. The van der Waals surface area contributed by atoms with Crippen LogP contribution in [0.4, 0.5) is 0 Å². The Bertz CT molecular complexity index is 459. The summed E-state index contributed by atoms with van der Waals surface area (Å²) in [6.45, 7) is 9.24. The molecule has 3 heteroatoms. The molecule has 1 aliphatic rings. The number of hydrogen-bond acceptors (Lipinski definition) is 2. The largest absolute Gasteiger partial charge is 0.349 e. The Labute approximate surface area is 115 Å². The van der Waals surface area contributed by atoms with E-state index in [1.807, 2.05) is 13.8 Å². The van der Waals surface area contributed by atoms with Crippen molar-refractivity contribution in [3.05, 3.63) is 34.4 Å². The van der Waals surface area contributed by atoms with Crippen LogP contribution in [0.3, 0.4) is 0 Å². The third-order valence-electron chi connectivity index (χ3n) is 3.86. The summed E-state index contributed by atoms with van der Waals surface area (Å²) < 4.78 is 0. The highest BCUT2D eigenvalue weighted by Crippen LogP contribution is 2.17. The molecule has 0 spiro atoms. The summed E-state index contributed by atoms with van der Waals surface area (Å²) in [5.41, 5.74) is 4.19. The first kappa shape index (κ1) is 14.1. The van der Waals surface area contributed by atoms with Gasteiger partial charge >= 0.3 is 0 Å². The maximum Gasteiger partial charge on any atom is 0.252 e. The van der Waals surface area contributed by atoms with E-state index in [4.69, 9.17) is 0 Å². The van der Waals surface area contributed by atoms with E-state index in [1.54, 1.807) is 0 Å². The van der Waals surface area contributed by atoms with Crippen molar-refractivity contribution in [2.45, 2.75) is 52.6 Å². The predicted molar refractivity (Wildman–Crippen MR) is 78.6 cm³/mol. The van der Waals surface area contributed by atoms with Gasteiger partial charge < -0.3 is 10.6 Å². The summed E-state index contributed by atoms with van der Waals surface area (Å²) in [7, 11) is 0. The molecule has 2 N–H and O–H groups in total. The van der Waals surface area contributed by atoms with Gasteiger partial charge in [-0.05, 0) is 58.2 Å². The zero-order valence-electron chi connectivity index (χ0n) is 12.3. The molecule has 1 aromatic carbocycles. The SMILES string of the molecule is Cc1cc(C)c(C(=O)NC2CCNC(C)C2)c(C)c1. The highest BCUT2D eigenvalue weighted by atomic mass is 16.1. The first-order chi connectivity index (χ1) is 8.97. The van der Waals surface area contributed by atoms with Crippen molar-refractivity contribution in [2.75, 3.05) is 6.54 Å². The molecule has 1 saturated heterocycles. The molecule has 1 amide bonds. The maximum atomic E-state index is 12.4. The van der Waals surface area contributed by atoms with Gasteiger partial charge in [0.15, 0.2) is 0 Å². The number of piperidine rings is 1.